The lowest BCUT2D eigenvalue weighted by molar-refractivity contribution is -0.384. The molecule has 2 aromatic rings. The van der Waals surface area contributed by atoms with E-state index in [1.807, 2.05) is 4.72 Å². The van der Waals surface area contributed by atoms with Gasteiger partial charge < -0.3 is 14.5 Å². The predicted octanol–water partition coefficient (Wildman–Crippen LogP) is 1.64. The molecule has 0 aliphatic heterocycles. The van der Waals surface area contributed by atoms with Gasteiger partial charge in [-0.15, -0.1) is 0 Å². The summed E-state index contributed by atoms with van der Waals surface area (Å²) in [6, 6.07) is 6.76. The molecule has 0 aliphatic rings. The molecule has 0 spiro atoms. The summed E-state index contributed by atoms with van der Waals surface area (Å²) >= 11 is 0. The number of benzene rings is 1. The topological polar surface area (TPSA) is 141 Å². The minimum Gasteiger partial charge on any atom is -0.467 e. The molecule has 0 atom stereocenters. The van der Waals surface area contributed by atoms with Gasteiger partial charge in [-0.2, -0.15) is 4.72 Å². The number of rotatable bonds is 9. The van der Waals surface area contributed by atoms with Gasteiger partial charge in [-0.25, -0.2) is 8.42 Å². The van der Waals surface area contributed by atoms with Crippen LogP contribution in [0.2, 0.25) is 0 Å². The van der Waals surface area contributed by atoms with Crippen molar-refractivity contribution >= 4 is 27.4 Å². The fraction of sp³-hybridized carbons (Fsp3) is 0.267. The van der Waals surface area contributed by atoms with Gasteiger partial charge in [0.25, 0.3) is 5.69 Å². The largest absolute Gasteiger partial charge is 0.467 e. The first-order chi connectivity index (χ1) is 12.3. The summed E-state index contributed by atoms with van der Waals surface area (Å²) in [6.07, 6.45) is 1.47. The van der Waals surface area contributed by atoms with E-state index in [0.717, 1.165) is 6.07 Å². The predicted molar refractivity (Wildman–Crippen MR) is 91.0 cm³/mol. The van der Waals surface area contributed by atoms with E-state index in [1.165, 1.54) is 18.4 Å². The van der Waals surface area contributed by atoms with Crippen molar-refractivity contribution in [2.24, 2.45) is 0 Å². The highest BCUT2D eigenvalue weighted by Gasteiger charge is 2.22. The lowest BCUT2D eigenvalue weighted by Gasteiger charge is -2.09. The molecule has 0 radical (unpaired) electrons. The Labute approximate surface area is 149 Å². The van der Waals surface area contributed by atoms with Crippen LogP contribution in [0.1, 0.15) is 12.7 Å². The number of ether oxygens (including phenoxy) is 1. The van der Waals surface area contributed by atoms with E-state index < -0.39 is 33.1 Å². The van der Waals surface area contributed by atoms with Crippen molar-refractivity contribution in [1.82, 2.24) is 4.72 Å². The third kappa shape index (κ3) is 5.04. The number of nitrogens with zero attached hydrogens (tertiary/aromatic N) is 1. The van der Waals surface area contributed by atoms with Crippen LogP contribution in [0.5, 0.6) is 0 Å². The normalized spacial score (nSPS) is 11.1. The van der Waals surface area contributed by atoms with E-state index in [9.17, 15) is 23.3 Å². The van der Waals surface area contributed by atoms with Crippen LogP contribution >= 0.6 is 0 Å². The van der Waals surface area contributed by atoms with Crippen LogP contribution in [0.25, 0.3) is 0 Å². The summed E-state index contributed by atoms with van der Waals surface area (Å²) in [5.74, 6) is -0.186. The van der Waals surface area contributed by atoms with Gasteiger partial charge in [-0.3, -0.25) is 14.9 Å². The average Bonchev–Trinajstić information content (AvgIpc) is 3.12. The first kappa shape index (κ1) is 19.4. The Morgan fingerprint density at radius 2 is 2.12 bits per heavy atom. The number of nitrogens with one attached hydrogen (secondary N) is 2. The molecule has 0 unspecified atom stereocenters. The molecule has 26 heavy (non-hydrogen) atoms. The summed E-state index contributed by atoms with van der Waals surface area (Å²) in [5, 5.41) is 14.1. The Kier molecular flexibility index (Phi) is 6.31. The molecule has 0 bridgehead atoms. The van der Waals surface area contributed by atoms with Crippen LogP contribution < -0.4 is 10.0 Å². The molecule has 11 heteroatoms. The molecular weight excluding hydrogens is 366 g/mol. The second-order valence-corrected chi connectivity index (χ2v) is 6.77. The third-order valence-corrected chi connectivity index (χ3v) is 4.62. The van der Waals surface area contributed by atoms with Gasteiger partial charge in [-0.1, -0.05) is 0 Å². The van der Waals surface area contributed by atoms with Gasteiger partial charge in [0.2, 0.25) is 10.0 Å². The van der Waals surface area contributed by atoms with E-state index in [-0.39, 0.29) is 23.7 Å². The van der Waals surface area contributed by atoms with E-state index in [0.29, 0.717) is 5.76 Å². The molecule has 10 nitrogen and oxygen atoms in total. The van der Waals surface area contributed by atoms with Gasteiger partial charge in [-0.05, 0) is 31.2 Å². The Morgan fingerprint density at radius 1 is 1.35 bits per heavy atom. The van der Waals surface area contributed by atoms with Crippen molar-refractivity contribution in [3.05, 3.63) is 52.5 Å². The number of nitro benzene ring substituents is 1. The quantitative estimate of drug-likeness (QED) is 0.378. The van der Waals surface area contributed by atoms with E-state index in [2.05, 4.69) is 10.1 Å². The number of carbonyl (C=O) groups is 1. The average molecular weight is 383 g/mol. The van der Waals surface area contributed by atoms with Crippen molar-refractivity contribution < 1.29 is 27.3 Å². The highest BCUT2D eigenvalue weighted by molar-refractivity contribution is 7.89. The van der Waals surface area contributed by atoms with Gasteiger partial charge >= 0.3 is 5.97 Å². The standard InChI is InChI=1S/C15H17N3O7S/c1-2-24-15(19)10-17-26(22,23)12-5-6-13(14(8-12)18(20)21)16-9-11-4-3-7-25-11/h3-8,16-17H,2,9-10H2,1H3. The summed E-state index contributed by atoms with van der Waals surface area (Å²) in [6.45, 7) is 1.33. The molecule has 0 saturated heterocycles. The van der Waals surface area contributed by atoms with E-state index >= 15 is 0 Å². The number of hydrogen-bond acceptors (Lipinski definition) is 8. The molecule has 0 aliphatic carbocycles. The van der Waals surface area contributed by atoms with Gasteiger partial charge in [0, 0.05) is 6.07 Å². The highest BCUT2D eigenvalue weighted by Crippen LogP contribution is 2.28. The maximum absolute atomic E-state index is 12.2. The maximum atomic E-state index is 12.2. The number of hydrogen-bond donors (Lipinski definition) is 2. The number of esters is 1. The maximum Gasteiger partial charge on any atom is 0.321 e. The van der Waals surface area contributed by atoms with Crippen LogP contribution in [0, 0.1) is 10.1 Å². The molecule has 0 saturated carbocycles. The lowest BCUT2D eigenvalue weighted by Crippen LogP contribution is -2.30. The Balaban J connectivity index is 2.18. The van der Waals surface area contributed by atoms with Crippen LogP contribution in [0.3, 0.4) is 0 Å². The smallest absolute Gasteiger partial charge is 0.321 e. The van der Waals surface area contributed by atoms with Gasteiger partial charge in [0.1, 0.15) is 18.0 Å². The van der Waals surface area contributed by atoms with E-state index in [1.54, 1.807) is 19.1 Å². The molecule has 2 N–H and O–H groups in total. The van der Waals surface area contributed by atoms with Crippen LogP contribution in [-0.4, -0.2) is 32.5 Å². The Morgan fingerprint density at radius 3 is 2.73 bits per heavy atom. The van der Waals surface area contributed by atoms with Crippen molar-refractivity contribution in [2.45, 2.75) is 18.4 Å². The molecule has 140 valence electrons. The zero-order valence-electron chi connectivity index (χ0n) is 13.8. The minimum atomic E-state index is -4.11. The fourth-order valence-electron chi connectivity index (χ4n) is 2.02. The monoisotopic (exact) mass is 383 g/mol. The molecule has 0 fully saturated rings. The minimum absolute atomic E-state index is 0.113. The molecule has 1 heterocycles. The highest BCUT2D eigenvalue weighted by atomic mass is 32.2. The Hall–Kier alpha value is -2.92. The fourth-order valence-corrected chi connectivity index (χ4v) is 3.01. The number of furan rings is 1. The lowest BCUT2D eigenvalue weighted by atomic mass is 10.2. The van der Waals surface area contributed by atoms with E-state index in [4.69, 9.17) is 4.42 Å². The summed E-state index contributed by atoms with van der Waals surface area (Å²) < 4.78 is 36.2. The van der Waals surface area contributed by atoms with Gasteiger partial charge in [0.15, 0.2) is 0 Å². The summed E-state index contributed by atoms with van der Waals surface area (Å²) in [7, 11) is -4.11. The van der Waals surface area contributed by atoms with Crippen molar-refractivity contribution in [2.75, 3.05) is 18.5 Å². The SMILES string of the molecule is CCOC(=O)CNS(=O)(=O)c1ccc(NCc2ccco2)c([N+](=O)[O-])c1. The first-order valence-corrected chi connectivity index (χ1v) is 9.01. The molecule has 1 aromatic heterocycles. The number of carbonyl (C=O) groups excluding carboxylic acids is 1. The summed E-state index contributed by atoms with van der Waals surface area (Å²) in [5.41, 5.74) is -0.286. The van der Waals surface area contributed by atoms with Crippen molar-refractivity contribution in [3.63, 3.8) is 0 Å². The number of sulfonamides is 1. The zero-order valence-corrected chi connectivity index (χ0v) is 14.6. The van der Waals surface area contributed by atoms with Crippen molar-refractivity contribution in [3.8, 4) is 0 Å². The first-order valence-electron chi connectivity index (χ1n) is 7.53. The molecule has 1 aromatic carbocycles. The number of anilines is 1. The van der Waals surface area contributed by atoms with Gasteiger partial charge in [0.05, 0.1) is 29.2 Å². The second kappa shape index (κ2) is 8.45. The molecular formula is C15H17N3O7S. The van der Waals surface area contributed by atoms with Crippen LogP contribution in [0.15, 0.2) is 45.9 Å². The van der Waals surface area contributed by atoms with Crippen LogP contribution in [-0.2, 0) is 26.1 Å². The zero-order chi connectivity index (χ0) is 19.2. The Bertz CT molecular complexity index is 879. The molecule has 0 amide bonds. The van der Waals surface area contributed by atoms with Crippen molar-refractivity contribution in [1.29, 1.82) is 0 Å². The third-order valence-electron chi connectivity index (χ3n) is 3.22. The second-order valence-electron chi connectivity index (χ2n) is 5.00. The molecule has 2 rings (SSSR count). The number of nitro groups is 1. The summed E-state index contributed by atoms with van der Waals surface area (Å²) in [4.78, 5) is 21.5. The van der Waals surface area contributed by atoms with Crippen LogP contribution in [0.4, 0.5) is 11.4 Å².